The number of nitrogens with one attached hydrogen (secondary N) is 1. The first-order valence-corrected chi connectivity index (χ1v) is 11.5. The summed E-state index contributed by atoms with van der Waals surface area (Å²) in [4.78, 5) is 30.1. The Balaban J connectivity index is 1.66. The molecule has 1 aromatic rings. The number of benzene rings is 1. The van der Waals surface area contributed by atoms with Crippen LogP contribution in [0.2, 0.25) is 0 Å². The van der Waals surface area contributed by atoms with Gasteiger partial charge in [-0.1, -0.05) is 25.5 Å². The first kappa shape index (κ1) is 23.5. The molecule has 4 unspecified atom stereocenters. The van der Waals surface area contributed by atoms with Gasteiger partial charge in [-0.25, -0.2) is 0 Å². The number of carbonyl (C=O) groups excluding carboxylic acids is 2. The highest BCUT2D eigenvalue weighted by molar-refractivity contribution is 5.90. The Morgan fingerprint density at radius 1 is 1.16 bits per heavy atom. The van der Waals surface area contributed by atoms with E-state index in [1.807, 2.05) is 29.2 Å². The van der Waals surface area contributed by atoms with Crippen molar-refractivity contribution in [3.8, 4) is 5.75 Å². The Kier molecular flexibility index (Phi) is 8.32. The van der Waals surface area contributed by atoms with Crippen LogP contribution in [0.25, 0.3) is 0 Å². The largest absolute Gasteiger partial charge is 0.497 e. The highest BCUT2D eigenvalue weighted by Crippen LogP contribution is 2.39. The van der Waals surface area contributed by atoms with Crippen LogP contribution >= 0.6 is 0 Å². The van der Waals surface area contributed by atoms with Crippen LogP contribution in [0.3, 0.4) is 0 Å². The number of ether oxygens (including phenoxy) is 2. The summed E-state index contributed by atoms with van der Waals surface area (Å²) >= 11 is 0. The van der Waals surface area contributed by atoms with Crippen LogP contribution in [-0.2, 0) is 14.3 Å². The molecule has 4 atom stereocenters. The molecular formula is C24H37N3O4. The van der Waals surface area contributed by atoms with Gasteiger partial charge in [-0.2, -0.15) is 0 Å². The molecule has 0 aliphatic carbocycles. The van der Waals surface area contributed by atoms with Crippen LogP contribution in [0.5, 0.6) is 5.75 Å². The lowest BCUT2D eigenvalue weighted by Gasteiger charge is -2.35. The van der Waals surface area contributed by atoms with Crippen molar-refractivity contribution >= 4 is 11.8 Å². The van der Waals surface area contributed by atoms with Crippen molar-refractivity contribution in [2.24, 2.45) is 5.92 Å². The van der Waals surface area contributed by atoms with Crippen LogP contribution in [-0.4, -0.2) is 73.7 Å². The van der Waals surface area contributed by atoms with E-state index in [0.717, 1.165) is 43.8 Å². The molecular weight excluding hydrogens is 394 g/mol. The lowest BCUT2D eigenvalue weighted by molar-refractivity contribution is -0.129. The smallest absolute Gasteiger partial charge is 0.226 e. The summed E-state index contributed by atoms with van der Waals surface area (Å²) in [6, 6.07) is 7.50. The van der Waals surface area contributed by atoms with E-state index in [2.05, 4.69) is 31.0 Å². The van der Waals surface area contributed by atoms with Gasteiger partial charge in [0, 0.05) is 39.1 Å². The molecule has 0 aromatic heterocycles. The zero-order chi connectivity index (χ0) is 22.4. The Morgan fingerprint density at radius 3 is 2.45 bits per heavy atom. The lowest BCUT2D eigenvalue weighted by Crippen LogP contribution is -2.48. The minimum Gasteiger partial charge on any atom is -0.497 e. The molecule has 3 rings (SSSR count). The van der Waals surface area contributed by atoms with E-state index < -0.39 is 0 Å². The van der Waals surface area contributed by atoms with Crippen molar-refractivity contribution in [3.05, 3.63) is 29.8 Å². The Bertz CT molecular complexity index is 729. The number of methoxy groups -OCH3 is 1. The van der Waals surface area contributed by atoms with Gasteiger partial charge in [-0.05, 0) is 38.0 Å². The maximum atomic E-state index is 13.1. The fraction of sp³-hybridized carbons (Fsp3) is 0.667. The van der Waals surface area contributed by atoms with Gasteiger partial charge in [0.05, 0.1) is 31.3 Å². The Morgan fingerprint density at radius 2 is 1.84 bits per heavy atom. The van der Waals surface area contributed by atoms with E-state index in [0.29, 0.717) is 13.1 Å². The third-order valence-corrected chi connectivity index (χ3v) is 6.20. The SMILES string of the molecule is CCCCN1C(=O)CC(C(=O)NCCN2CC(C)OC(C)C2)C1c1ccc(OC)cc1. The first-order valence-electron chi connectivity index (χ1n) is 11.5. The molecule has 2 fully saturated rings. The van der Waals surface area contributed by atoms with Gasteiger partial charge >= 0.3 is 0 Å². The van der Waals surface area contributed by atoms with Crippen molar-refractivity contribution in [2.75, 3.05) is 39.8 Å². The molecule has 0 spiro atoms. The highest BCUT2D eigenvalue weighted by atomic mass is 16.5. The van der Waals surface area contributed by atoms with Crippen molar-refractivity contribution in [3.63, 3.8) is 0 Å². The Hall–Kier alpha value is -2.12. The summed E-state index contributed by atoms with van der Waals surface area (Å²) in [6.07, 6.45) is 2.61. The summed E-state index contributed by atoms with van der Waals surface area (Å²) in [5.41, 5.74) is 0.985. The van der Waals surface area contributed by atoms with Crippen LogP contribution in [0.15, 0.2) is 24.3 Å². The van der Waals surface area contributed by atoms with Crippen LogP contribution in [0.1, 0.15) is 51.6 Å². The maximum absolute atomic E-state index is 13.1. The standard InChI is InChI=1S/C24H37N3O4/c1-5-6-12-27-22(28)14-21(23(27)19-7-9-20(30-4)10-8-19)24(29)25-11-13-26-15-17(2)31-18(3)16-26/h7-10,17-18,21,23H,5-6,11-16H2,1-4H3,(H,25,29). The normalized spacial score (nSPS) is 26.8. The fourth-order valence-electron chi connectivity index (χ4n) is 4.77. The number of morpholine rings is 1. The molecule has 2 amide bonds. The molecule has 1 aromatic carbocycles. The van der Waals surface area contributed by atoms with Gasteiger partial charge in [-0.3, -0.25) is 14.5 Å². The minimum absolute atomic E-state index is 0.0393. The second-order valence-corrected chi connectivity index (χ2v) is 8.78. The Labute approximate surface area is 186 Å². The minimum atomic E-state index is -0.375. The predicted molar refractivity (Wildman–Crippen MR) is 120 cm³/mol. The summed E-state index contributed by atoms with van der Waals surface area (Å²) in [5, 5.41) is 3.10. The molecule has 2 saturated heterocycles. The van der Waals surface area contributed by atoms with E-state index in [1.165, 1.54) is 0 Å². The monoisotopic (exact) mass is 431 g/mol. The van der Waals surface area contributed by atoms with E-state index in [-0.39, 0.29) is 42.4 Å². The van der Waals surface area contributed by atoms with E-state index in [4.69, 9.17) is 9.47 Å². The molecule has 2 aliphatic heterocycles. The van der Waals surface area contributed by atoms with Crippen LogP contribution in [0.4, 0.5) is 0 Å². The number of unbranched alkanes of at least 4 members (excludes halogenated alkanes) is 1. The third kappa shape index (κ3) is 5.98. The van der Waals surface area contributed by atoms with Gasteiger partial charge < -0.3 is 19.7 Å². The highest BCUT2D eigenvalue weighted by Gasteiger charge is 2.44. The topological polar surface area (TPSA) is 71.1 Å². The average Bonchev–Trinajstić information content (AvgIpc) is 3.07. The van der Waals surface area contributed by atoms with Crippen LogP contribution < -0.4 is 10.1 Å². The van der Waals surface area contributed by atoms with Gasteiger partial charge in [0.1, 0.15) is 5.75 Å². The lowest BCUT2D eigenvalue weighted by atomic mass is 9.92. The summed E-state index contributed by atoms with van der Waals surface area (Å²) in [5.74, 6) is 0.413. The number of likely N-dealkylation sites (tertiary alicyclic amines) is 1. The van der Waals surface area contributed by atoms with Crippen molar-refractivity contribution in [2.45, 2.75) is 58.3 Å². The van der Waals surface area contributed by atoms with E-state index >= 15 is 0 Å². The molecule has 7 nitrogen and oxygen atoms in total. The molecule has 0 bridgehead atoms. The maximum Gasteiger partial charge on any atom is 0.226 e. The van der Waals surface area contributed by atoms with Crippen molar-refractivity contribution in [1.82, 2.24) is 15.1 Å². The second-order valence-electron chi connectivity index (χ2n) is 8.78. The quantitative estimate of drug-likeness (QED) is 0.651. The van der Waals surface area contributed by atoms with E-state index in [9.17, 15) is 9.59 Å². The number of carbonyl (C=O) groups is 2. The number of hydrogen-bond acceptors (Lipinski definition) is 5. The predicted octanol–water partition coefficient (Wildman–Crippen LogP) is 2.61. The molecule has 2 aliphatic rings. The second kappa shape index (κ2) is 11.0. The van der Waals surface area contributed by atoms with Gasteiger partial charge in [-0.15, -0.1) is 0 Å². The number of amides is 2. The van der Waals surface area contributed by atoms with Crippen molar-refractivity contribution < 1.29 is 19.1 Å². The summed E-state index contributed by atoms with van der Waals surface area (Å²) in [6.45, 7) is 10.1. The summed E-state index contributed by atoms with van der Waals surface area (Å²) in [7, 11) is 1.63. The molecule has 1 N–H and O–H groups in total. The van der Waals surface area contributed by atoms with Crippen LogP contribution in [0, 0.1) is 5.92 Å². The molecule has 2 heterocycles. The third-order valence-electron chi connectivity index (χ3n) is 6.20. The number of nitrogens with zero attached hydrogens (tertiary/aromatic N) is 2. The van der Waals surface area contributed by atoms with Crippen molar-refractivity contribution in [1.29, 1.82) is 0 Å². The zero-order valence-corrected chi connectivity index (χ0v) is 19.3. The summed E-state index contributed by atoms with van der Waals surface area (Å²) < 4.78 is 11.1. The molecule has 7 heteroatoms. The number of hydrogen-bond donors (Lipinski definition) is 1. The molecule has 0 radical (unpaired) electrons. The van der Waals surface area contributed by atoms with Gasteiger partial charge in [0.15, 0.2) is 0 Å². The fourth-order valence-corrected chi connectivity index (χ4v) is 4.77. The van der Waals surface area contributed by atoms with Gasteiger partial charge in [0.25, 0.3) is 0 Å². The first-order chi connectivity index (χ1) is 14.9. The van der Waals surface area contributed by atoms with Gasteiger partial charge in [0.2, 0.25) is 11.8 Å². The molecule has 172 valence electrons. The van der Waals surface area contributed by atoms with E-state index in [1.54, 1.807) is 7.11 Å². The zero-order valence-electron chi connectivity index (χ0n) is 19.3. The average molecular weight is 432 g/mol. The molecule has 0 saturated carbocycles. The molecule has 31 heavy (non-hydrogen) atoms. The number of rotatable bonds is 9.